The molecule has 0 bridgehead atoms. The van der Waals surface area contributed by atoms with E-state index in [1.807, 2.05) is 42.2 Å². The van der Waals surface area contributed by atoms with Gasteiger partial charge in [-0.2, -0.15) is 0 Å². The molecule has 7 heteroatoms. The molecule has 1 aliphatic heterocycles. The normalized spacial score (nSPS) is 24.0. The van der Waals surface area contributed by atoms with Crippen LogP contribution in [0.2, 0.25) is 0 Å². The lowest BCUT2D eigenvalue weighted by Gasteiger charge is -2.29. The second-order valence-electron chi connectivity index (χ2n) is 8.27. The highest BCUT2D eigenvalue weighted by Crippen LogP contribution is 2.50. The number of ether oxygens (including phenoxy) is 1. The van der Waals surface area contributed by atoms with E-state index in [0.717, 1.165) is 24.8 Å². The second-order valence-corrected chi connectivity index (χ2v) is 8.27. The number of nitrogens with zero attached hydrogens (tertiary/aromatic N) is 2. The first-order chi connectivity index (χ1) is 14.0. The van der Waals surface area contributed by atoms with Crippen LogP contribution in [0.25, 0.3) is 0 Å². The van der Waals surface area contributed by atoms with Crippen LogP contribution in [0.5, 0.6) is 0 Å². The predicted octanol–water partition coefficient (Wildman–Crippen LogP) is 1.77. The quantitative estimate of drug-likeness (QED) is 0.642. The van der Waals surface area contributed by atoms with Crippen molar-refractivity contribution >= 4 is 17.9 Å². The Morgan fingerprint density at radius 2 is 2.03 bits per heavy atom. The molecule has 0 radical (unpaired) electrons. The first kappa shape index (κ1) is 19.7. The predicted molar refractivity (Wildman–Crippen MR) is 107 cm³/mol. The molecule has 3 amide bonds. The van der Waals surface area contributed by atoms with Crippen LogP contribution in [0.4, 0.5) is 4.79 Å². The van der Waals surface area contributed by atoms with Gasteiger partial charge in [-0.3, -0.25) is 9.59 Å². The van der Waals surface area contributed by atoms with E-state index in [1.54, 1.807) is 4.90 Å². The van der Waals surface area contributed by atoms with Gasteiger partial charge in [-0.1, -0.05) is 30.3 Å². The SMILES string of the molecule is CCOC(=O)[C@H]1C[C@@H]1CN(CCN1CCNC1=O)C(=O)C1(c2ccccc2)CC1. The zero-order chi connectivity index (χ0) is 20.4. The highest BCUT2D eigenvalue weighted by molar-refractivity contribution is 5.91. The summed E-state index contributed by atoms with van der Waals surface area (Å²) in [7, 11) is 0. The molecule has 1 aromatic carbocycles. The highest BCUT2D eigenvalue weighted by Gasteiger charge is 2.54. The van der Waals surface area contributed by atoms with Crippen molar-refractivity contribution in [3.05, 3.63) is 35.9 Å². The van der Waals surface area contributed by atoms with E-state index in [-0.39, 0.29) is 29.7 Å². The Labute approximate surface area is 171 Å². The molecule has 3 aliphatic rings. The lowest BCUT2D eigenvalue weighted by atomic mass is 9.94. The molecule has 1 aromatic rings. The maximum atomic E-state index is 13.6. The Morgan fingerprint density at radius 3 is 2.66 bits per heavy atom. The summed E-state index contributed by atoms with van der Waals surface area (Å²) in [4.78, 5) is 41.1. The van der Waals surface area contributed by atoms with Crippen LogP contribution >= 0.6 is 0 Å². The van der Waals surface area contributed by atoms with Crippen molar-refractivity contribution in [1.29, 1.82) is 0 Å². The monoisotopic (exact) mass is 399 g/mol. The molecule has 2 saturated carbocycles. The second kappa shape index (κ2) is 8.05. The third kappa shape index (κ3) is 4.09. The third-order valence-electron chi connectivity index (χ3n) is 6.32. The smallest absolute Gasteiger partial charge is 0.317 e. The summed E-state index contributed by atoms with van der Waals surface area (Å²) in [6.07, 6.45) is 2.47. The molecular weight excluding hydrogens is 370 g/mol. The van der Waals surface area contributed by atoms with Crippen molar-refractivity contribution in [3.8, 4) is 0 Å². The van der Waals surface area contributed by atoms with Gasteiger partial charge in [0.1, 0.15) is 0 Å². The third-order valence-corrected chi connectivity index (χ3v) is 6.32. The van der Waals surface area contributed by atoms with Gasteiger partial charge in [-0.25, -0.2) is 4.79 Å². The van der Waals surface area contributed by atoms with Gasteiger partial charge in [-0.05, 0) is 37.7 Å². The van der Waals surface area contributed by atoms with Crippen molar-refractivity contribution in [2.24, 2.45) is 11.8 Å². The van der Waals surface area contributed by atoms with E-state index in [9.17, 15) is 14.4 Å². The zero-order valence-electron chi connectivity index (χ0n) is 16.9. The number of rotatable bonds is 9. The highest BCUT2D eigenvalue weighted by atomic mass is 16.5. The lowest BCUT2D eigenvalue weighted by Crippen LogP contribution is -2.45. The van der Waals surface area contributed by atoms with Gasteiger partial charge in [0.25, 0.3) is 0 Å². The van der Waals surface area contributed by atoms with Crippen LogP contribution in [0.15, 0.2) is 30.3 Å². The van der Waals surface area contributed by atoms with Crippen molar-refractivity contribution < 1.29 is 19.1 Å². The number of hydrogen-bond acceptors (Lipinski definition) is 4. The minimum Gasteiger partial charge on any atom is -0.466 e. The molecule has 1 heterocycles. The number of nitrogens with one attached hydrogen (secondary N) is 1. The summed E-state index contributed by atoms with van der Waals surface area (Å²) in [5, 5.41) is 2.80. The van der Waals surface area contributed by atoms with E-state index in [2.05, 4.69) is 5.32 Å². The minimum atomic E-state index is -0.442. The number of urea groups is 1. The average Bonchev–Trinajstić information content (AvgIpc) is 3.64. The summed E-state index contributed by atoms with van der Waals surface area (Å²) in [6, 6.07) is 9.88. The molecule has 0 aromatic heterocycles. The molecule has 1 N–H and O–H groups in total. The minimum absolute atomic E-state index is 0.0718. The van der Waals surface area contributed by atoms with Gasteiger partial charge in [0.15, 0.2) is 0 Å². The number of benzene rings is 1. The molecule has 1 saturated heterocycles. The lowest BCUT2D eigenvalue weighted by molar-refractivity contribution is -0.145. The van der Waals surface area contributed by atoms with Gasteiger partial charge in [0.2, 0.25) is 5.91 Å². The molecule has 2 atom stereocenters. The zero-order valence-corrected chi connectivity index (χ0v) is 16.9. The Morgan fingerprint density at radius 1 is 1.28 bits per heavy atom. The number of amides is 3. The number of carbonyl (C=O) groups excluding carboxylic acids is 3. The topological polar surface area (TPSA) is 79.0 Å². The number of hydrogen-bond donors (Lipinski definition) is 1. The fourth-order valence-corrected chi connectivity index (χ4v) is 4.32. The summed E-state index contributed by atoms with van der Waals surface area (Å²) >= 11 is 0. The summed E-state index contributed by atoms with van der Waals surface area (Å²) < 4.78 is 5.14. The van der Waals surface area contributed by atoms with E-state index in [0.29, 0.717) is 39.3 Å². The molecule has 3 fully saturated rings. The van der Waals surface area contributed by atoms with Gasteiger partial charge in [-0.15, -0.1) is 0 Å². The van der Waals surface area contributed by atoms with Crippen molar-refractivity contribution in [1.82, 2.24) is 15.1 Å². The molecule has 0 spiro atoms. The van der Waals surface area contributed by atoms with Gasteiger partial charge in [0.05, 0.1) is 17.9 Å². The number of esters is 1. The first-order valence-corrected chi connectivity index (χ1v) is 10.6. The Hall–Kier alpha value is -2.57. The largest absolute Gasteiger partial charge is 0.466 e. The maximum Gasteiger partial charge on any atom is 0.317 e. The molecule has 29 heavy (non-hydrogen) atoms. The van der Waals surface area contributed by atoms with Crippen LogP contribution in [-0.4, -0.2) is 67.0 Å². The Balaban J connectivity index is 1.45. The van der Waals surface area contributed by atoms with Crippen LogP contribution in [0.1, 0.15) is 31.7 Å². The van der Waals surface area contributed by atoms with Crippen LogP contribution in [-0.2, 0) is 19.7 Å². The summed E-state index contributed by atoms with van der Waals surface area (Å²) in [6.45, 7) is 5.06. The van der Waals surface area contributed by atoms with Crippen molar-refractivity contribution in [2.45, 2.75) is 31.6 Å². The summed E-state index contributed by atoms with van der Waals surface area (Å²) in [5.41, 5.74) is 0.620. The van der Waals surface area contributed by atoms with E-state index in [1.165, 1.54) is 0 Å². The molecular formula is C22H29N3O4. The first-order valence-electron chi connectivity index (χ1n) is 10.6. The Kier molecular flexibility index (Phi) is 5.48. The van der Waals surface area contributed by atoms with E-state index in [4.69, 9.17) is 4.74 Å². The number of carbonyl (C=O) groups is 3. The standard InChI is InChI=1S/C22H29N3O4/c1-2-29-19(26)18-14-16(18)15-25(13-12-24-11-10-23-21(24)28)20(27)22(8-9-22)17-6-4-3-5-7-17/h3-7,16,18H,2,8-15H2,1H3,(H,23,28)/t16-,18+/m1/s1. The Bertz CT molecular complexity index is 778. The summed E-state index contributed by atoms with van der Waals surface area (Å²) in [5.74, 6) is 0.00928. The van der Waals surface area contributed by atoms with Gasteiger partial charge in [0, 0.05) is 32.7 Å². The fourth-order valence-electron chi connectivity index (χ4n) is 4.32. The molecule has 156 valence electrons. The van der Waals surface area contributed by atoms with E-state index < -0.39 is 5.41 Å². The maximum absolute atomic E-state index is 13.6. The van der Waals surface area contributed by atoms with Gasteiger partial charge >= 0.3 is 12.0 Å². The van der Waals surface area contributed by atoms with Crippen LogP contribution < -0.4 is 5.32 Å². The van der Waals surface area contributed by atoms with E-state index >= 15 is 0 Å². The van der Waals surface area contributed by atoms with Crippen molar-refractivity contribution in [3.63, 3.8) is 0 Å². The molecule has 2 aliphatic carbocycles. The van der Waals surface area contributed by atoms with Crippen LogP contribution in [0.3, 0.4) is 0 Å². The van der Waals surface area contributed by atoms with Gasteiger partial charge < -0.3 is 19.9 Å². The average molecular weight is 399 g/mol. The fraction of sp³-hybridized carbons (Fsp3) is 0.591. The van der Waals surface area contributed by atoms with Crippen LogP contribution in [0, 0.1) is 11.8 Å². The molecule has 7 nitrogen and oxygen atoms in total. The molecule has 4 rings (SSSR count). The molecule has 0 unspecified atom stereocenters. The van der Waals surface area contributed by atoms with Crippen molar-refractivity contribution in [2.75, 3.05) is 39.3 Å².